The maximum atomic E-state index is 14.3. The predicted octanol–water partition coefficient (Wildman–Crippen LogP) is 4.07. The number of benzene rings is 1. The molecule has 5 N–H and O–H groups in total. The highest BCUT2D eigenvalue weighted by molar-refractivity contribution is 6.31. The van der Waals surface area contributed by atoms with Gasteiger partial charge in [0.1, 0.15) is 18.1 Å². The Kier molecular flexibility index (Phi) is 10.1. The van der Waals surface area contributed by atoms with Crippen LogP contribution in [0.1, 0.15) is 76.5 Å². The number of carboxylic acid groups (broad SMARTS) is 1. The number of ether oxygens (including phenoxy) is 1. The summed E-state index contributed by atoms with van der Waals surface area (Å²) in [5, 5.41) is 11.5. The number of amides is 2. The SMILES string of the molecule is CC(C)N(N)/C(=C(\N)COc1ccc(Cl)c2c1[C@@H](CN1CCCC1=O)N(C(=O)[C@@H]1CCCC[C@]1(C)C(=O)O)CC2)C(F)F. The summed E-state index contributed by atoms with van der Waals surface area (Å²) < 4.78 is 33.9. The van der Waals surface area contributed by atoms with E-state index in [1.165, 1.54) is 0 Å². The minimum atomic E-state index is -2.93. The van der Waals surface area contributed by atoms with Crippen LogP contribution in [0.5, 0.6) is 5.75 Å². The molecule has 1 saturated heterocycles. The Balaban J connectivity index is 1.75. The lowest BCUT2D eigenvalue weighted by Crippen LogP contribution is -2.52. The van der Waals surface area contributed by atoms with Gasteiger partial charge in [0, 0.05) is 42.7 Å². The summed E-state index contributed by atoms with van der Waals surface area (Å²) in [7, 11) is 0. The lowest BCUT2D eigenvalue weighted by atomic mass is 9.66. The van der Waals surface area contributed by atoms with E-state index in [9.17, 15) is 28.3 Å². The van der Waals surface area contributed by atoms with Crippen molar-refractivity contribution < 1.29 is 33.0 Å². The highest BCUT2D eigenvalue weighted by Gasteiger charge is 2.50. The first-order chi connectivity index (χ1) is 20.3. The van der Waals surface area contributed by atoms with Crippen molar-refractivity contribution in [2.75, 3.05) is 26.2 Å². The highest BCUT2D eigenvalue weighted by atomic mass is 35.5. The zero-order valence-corrected chi connectivity index (χ0v) is 25.7. The van der Waals surface area contributed by atoms with Gasteiger partial charge in [-0.05, 0) is 64.2 Å². The molecule has 2 fully saturated rings. The van der Waals surface area contributed by atoms with Crippen LogP contribution in [-0.2, 0) is 20.8 Å². The Morgan fingerprint density at radius 1 is 1.21 bits per heavy atom. The second-order valence-electron chi connectivity index (χ2n) is 12.2. The molecular formula is C30H42ClF2N5O5. The topological polar surface area (TPSA) is 142 Å². The molecule has 1 aromatic rings. The van der Waals surface area contributed by atoms with Gasteiger partial charge in [-0.2, -0.15) is 0 Å². The lowest BCUT2D eigenvalue weighted by molar-refractivity contribution is -0.162. The van der Waals surface area contributed by atoms with E-state index < -0.39 is 48.1 Å². The summed E-state index contributed by atoms with van der Waals surface area (Å²) >= 11 is 6.65. The monoisotopic (exact) mass is 625 g/mol. The number of halogens is 3. The van der Waals surface area contributed by atoms with Crippen molar-refractivity contribution in [1.82, 2.24) is 14.8 Å². The van der Waals surface area contributed by atoms with Crippen LogP contribution in [0, 0.1) is 11.3 Å². The van der Waals surface area contributed by atoms with Crippen molar-refractivity contribution in [3.63, 3.8) is 0 Å². The number of allylic oxidation sites excluding steroid dienone is 1. The molecule has 0 spiro atoms. The van der Waals surface area contributed by atoms with Crippen LogP contribution in [0.2, 0.25) is 5.02 Å². The Morgan fingerprint density at radius 3 is 2.53 bits per heavy atom. The average Bonchev–Trinajstić information content (AvgIpc) is 3.36. The fourth-order valence-electron chi connectivity index (χ4n) is 6.58. The largest absolute Gasteiger partial charge is 0.487 e. The number of carboxylic acids is 1. The number of likely N-dealkylation sites (tertiary alicyclic amines) is 1. The van der Waals surface area contributed by atoms with Crippen LogP contribution in [-0.4, -0.2) is 76.4 Å². The van der Waals surface area contributed by atoms with Gasteiger partial charge in [-0.1, -0.05) is 24.4 Å². The van der Waals surface area contributed by atoms with Gasteiger partial charge >= 0.3 is 5.97 Å². The molecule has 2 amide bonds. The van der Waals surface area contributed by atoms with Gasteiger partial charge in [-0.3, -0.25) is 14.4 Å². The molecule has 1 aromatic carbocycles. The van der Waals surface area contributed by atoms with E-state index in [0.29, 0.717) is 55.0 Å². The fraction of sp³-hybridized carbons (Fsp3) is 0.633. The van der Waals surface area contributed by atoms with E-state index in [2.05, 4.69) is 0 Å². The number of aliphatic carboxylic acids is 1. The van der Waals surface area contributed by atoms with Crippen molar-refractivity contribution in [3.05, 3.63) is 39.7 Å². The molecule has 0 radical (unpaired) electrons. The Bertz CT molecular complexity index is 1280. The number of fused-ring (bicyclic) bond motifs is 1. The van der Waals surface area contributed by atoms with Crippen LogP contribution in [0.3, 0.4) is 0 Å². The molecule has 3 aliphatic rings. The van der Waals surface area contributed by atoms with Gasteiger partial charge in [0.25, 0.3) is 6.43 Å². The molecular weight excluding hydrogens is 584 g/mol. The van der Waals surface area contributed by atoms with Gasteiger partial charge in [0.05, 0.1) is 23.1 Å². The van der Waals surface area contributed by atoms with Gasteiger partial charge < -0.3 is 30.4 Å². The number of nitrogens with two attached hydrogens (primary N) is 2. The third-order valence-corrected chi connectivity index (χ3v) is 9.52. The third-order valence-electron chi connectivity index (χ3n) is 9.17. The number of alkyl halides is 2. The Morgan fingerprint density at radius 2 is 1.93 bits per heavy atom. The highest BCUT2D eigenvalue weighted by Crippen LogP contribution is 2.46. The van der Waals surface area contributed by atoms with E-state index in [4.69, 9.17) is 27.9 Å². The normalized spacial score (nSPS) is 24.7. The van der Waals surface area contributed by atoms with Gasteiger partial charge in [0.2, 0.25) is 11.8 Å². The molecule has 238 valence electrons. The van der Waals surface area contributed by atoms with Gasteiger partial charge in [-0.25, -0.2) is 14.6 Å². The van der Waals surface area contributed by atoms with E-state index >= 15 is 0 Å². The van der Waals surface area contributed by atoms with Gasteiger partial charge in [-0.15, -0.1) is 0 Å². The molecule has 2 heterocycles. The Hall–Kier alpha value is -3.12. The van der Waals surface area contributed by atoms with Crippen molar-refractivity contribution in [1.29, 1.82) is 0 Å². The minimum Gasteiger partial charge on any atom is -0.487 e. The van der Waals surface area contributed by atoms with Crippen LogP contribution in [0.15, 0.2) is 23.5 Å². The molecule has 10 nitrogen and oxygen atoms in total. The van der Waals surface area contributed by atoms with Crippen molar-refractivity contribution >= 4 is 29.4 Å². The van der Waals surface area contributed by atoms with Gasteiger partial charge in [0.15, 0.2) is 0 Å². The second-order valence-corrected chi connectivity index (χ2v) is 12.6. The standard InChI is InChI=1S/C30H42ClF2N5O5/c1-17(2)38(35)26(27(32)33)21(34)16-43-23-10-9-20(31)18-11-14-37(22(25(18)23)15-36-13-6-8-24(36)39)28(40)19-7-4-5-12-30(19,3)29(41)42/h9-10,17,19,22,27H,4-8,11-16,34-35H2,1-3H3,(H,41,42)/b26-21-/t19-,22+,30-/m0/s1. The second kappa shape index (κ2) is 13.3. The molecule has 0 bridgehead atoms. The molecule has 0 unspecified atom stereocenters. The molecule has 1 saturated carbocycles. The first-order valence-electron chi connectivity index (χ1n) is 14.8. The minimum absolute atomic E-state index is 0.0393. The molecule has 4 rings (SSSR count). The Labute approximate surface area is 255 Å². The van der Waals surface area contributed by atoms with E-state index in [0.717, 1.165) is 23.4 Å². The number of rotatable bonds is 10. The van der Waals surface area contributed by atoms with E-state index in [1.807, 2.05) is 0 Å². The van der Waals surface area contributed by atoms with Crippen LogP contribution >= 0.6 is 11.6 Å². The number of nitrogens with zero attached hydrogens (tertiary/aromatic N) is 3. The summed E-state index contributed by atoms with van der Waals surface area (Å²) in [6, 6.07) is 2.12. The number of hydrogen-bond donors (Lipinski definition) is 3. The summed E-state index contributed by atoms with van der Waals surface area (Å²) in [5.41, 5.74) is 5.37. The van der Waals surface area contributed by atoms with Crippen LogP contribution in [0.25, 0.3) is 0 Å². The van der Waals surface area contributed by atoms with Crippen molar-refractivity contribution in [2.24, 2.45) is 22.9 Å². The summed E-state index contributed by atoms with van der Waals surface area (Å²) in [6.45, 7) is 5.51. The van der Waals surface area contributed by atoms with Crippen molar-refractivity contribution in [3.8, 4) is 5.75 Å². The lowest BCUT2D eigenvalue weighted by Gasteiger charge is -2.45. The maximum Gasteiger partial charge on any atom is 0.310 e. The van der Waals surface area contributed by atoms with Crippen molar-refractivity contribution in [2.45, 2.75) is 84.2 Å². The van der Waals surface area contributed by atoms with Crippen LogP contribution in [0.4, 0.5) is 8.78 Å². The number of hydrogen-bond acceptors (Lipinski definition) is 7. The molecule has 2 aliphatic heterocycles. The zero-order chi connectivity index (χ0) is 31.6. The number of hydrazine groups is 1. The molecule has 1 aliphatic carbocycles. The fourth-order valence-corrected chi connectivity index (χ4v) is 6.84. The van der Waals surface area contributed by atoms with Crippen LogP contribution < -0.4 is 16.3 Å². The molecule has 13 heteroatoms. The first kappa shape index (κ1) is 32.8. The smallest absolute Gasteiger partial charge is 0.310 e. The zero-order valence-electron chi connectivity index (χ0n) is 25.0. The average molecular weight is 626 g/mol. The number of carbonyl (C=O) groups excluding carboxylic acids is 2. The molecule has 43 heavy (non-hydrogen) atoms. The third kappa shape index (κ3) is 6.55. The summed E-state index contributed by atoms with van der Waals surface area (Å²) in [5.74, 6) is 4.10. The first-order valence-corrected chi connectivity index (χ1v) is 15.2. The van der Waals surface area contributed by atoms with E-state index in [-0.39, 0.29) is 30.6 Å². The predicted molar refractivity (Wildman–Crippen MR) is 157 cm³/mol. The number of carbonyl (C=O) groups is 3. The molecule has 3 atom stereocenters. The molecule has 0 aromatic heterocycles. The maximum absolute atomic E-state index is 14.3. The summed E-state index contributed by atoms with van der Waals surface area (Å²) in [4.78, 5) is 42.7. The quantitative estimate of drug-likeness (QED) is 0.261. The van der Waals surface area contributed by atoms with E-state index in [1.54, 1.807) is 42.7 Å². The summed E-state index contributed by atoms with van der Waals surface area (Å²) in [6.07, 6.45) is 0.830.